The lowest BCUT2D eigenvalue weighted by atomic mass is 10.1. The molecule has 0 amide bonds. The second kappa shape index (κ2) is 2.68. The fraction of sp³-hybridized carbons (Fsp3) is 0.100. The summed E-state index contributed by atoms with van der Waals surface area (Å²) >= 11 is 3.11. The zero-order valence-electron chi connectivity index (χ0n) is 7.10. The third-order valence-corrected chi connectivity index (χ3v) is 4.17. The minimum absolute atomic E-state index is 0.137. The molecule has 0 atom stereocenters. The Bertz CT molecular complexity index is 422. The molecule has 2 aromatic rings. The quantitative estimate of drug-likeness (QED) is 0.731. The van der Waals surface area contributed by atoms with Crippen molar-refractivity contribution in [3.63, 3.8) is 0 Å². The monoisotopic (exact) mass is 222 g/mol. The summed E-state index contributed by atoms with van der Waals surface area (Å²) in [7, 11) is 0. The van der Waals surface area contributed by atoms with Crippen LogP contribution in [0.25, 0.3) is 0 Å². The van der Waals surface area contributed by atoms with Gasteiger partial charge in [-0.2, -0.15) is 0 Å². The molecule has 1 saturated heterocycles. The molecule has 2 nitrogen and oxygen atoms in total. The van der Waals surface area contributed by atoms with Crippen molar-refractivity contribution < 1.29 is 9.53 Å². The van der Waals surface area contributed by atoms with Crippen LogP contribution in [0.3, 0.4) is 0 Å². The molecule has 0 bridgehead atoms. The van der Waals surface area contributed by atoms with Crippen LogP contribution in [0, 0.1) is 0 Å². The fourth-order valence-electron chi connectivity index (χ4n) is 1.49. The van der Waals surface area contributed by atoms with Crippen molar-refractivity contribution in [3.05, 3.63) is 44.8 Å². The highest BCUT2D eigenvalue weighted by molar-refractivity contribution is 7.12. The predicted octanol–water partition coefficient (Wildman–Crippen LogP) is 2.61. The van der Waals surface area contributed by atoms with Gasteiger partial charge in [0, 0.05) is 0 Å². The predicted molar refractivity (Wildman–Crippen MR) is 55.5 cm³/mol. The molecular weight excluding hydrogens is 216 g/mol. The molecule has 2 aromatic heterocycles. The third kappa shape index (κ3) is 0.923. The molecule has 1 fully saturated rings. The lowest BCUT2D eigenvalue weighted by molar-refractivity contribution is -0.117. The summed E-state index contributed by atoms with van der Waals surface area (Å²) in [5.41, 5.74) is -0.748. The van der Waals surface area contributed by atoms with Crippen molar-refractivity contribution >= 4 is 28.6 Å². The second-order valence-corrected chi connectivity index (χ2v) is 4.92. The Labute approximate surface area is 88.8 Å². The first-order valence-corrected chi connectivity index (χ1v) is 5.91. The first kappa shape index (κ1) is 8.20. The molecule has 0 aromatic carbocycles. The van der Waals surface area contributed by atoms with Crippen molar-refractivity contribution in [1.29, 1.82) is 0 Å². The third-order valence-electron chi connectivity index (χ3n) is 2.23. The van der Waals surface area contributed by atoms with E-state index in [1.54, 1.807) is 22.7 Å². The number of epoxide rings is 1. The molecule has 0 N–H and O–H groups in total. The average molecular weight is 222 g/mol. The number of hydrogen-bond donors (Lipinski definition) is 0. The van der Waals surface area contributed by atoms with Crippen LogP contribution >= 0.6 is 22.7 Å². The Kier molecular flexibility index (Phi) is 1.57. The van der Waals surface area contributed by atoms with E-state index in [0.717, 1.165) is 9.75 Å². The van der Waals surface area contributed by atoms with Crippen molar-refractivity contribution in [2.24, 2.45) is 0 Å². The SMILES string of the molecule is O=C1OC1(c1cccs1)c1cccs1. The molecule has 0 unspecified atom stereocenters. The lowest BCUT2D eigenvalue weighted by Crippen LogP contribution is -2.08. The molecular formula is C10H6O2S2. The van der Waals surface area contributed by atoms with Crippen LogP contribution in [0.1, 0.15) is 9.75 Å². The van der Waals surface area contributed by atoms with Crippen LogP contribution < -0.4 is 0 Å². The van der Waals surface area contributed by atoms with E-state index < -0.39 is 5.60 Å². The Hall–Kier alpha value is -1.13. The summed E-state index contributed by atoms with van der Waals surface area (Å²) in [5.74, 6) is -0.137. The number of ether oxygens (including phenoxy) is 1. The number of carbonyl (C=O) groups is 1. The molecule has 0 aliphatic carbocycles. The standard InChI is InChI=1S/C10H6O2S2/c11-9-10(12-9,7-3-1-5-13-7)8-4-2-6-14-8/h1-6H. The van der Waals surface area contributed by atoms with Crippen LogP contribution in [0.5, 0.6) is 0 Å². The highest BCUT2D eigenvalue weighted by Crippen LogP contribution is 2.49. The van der Waals surface area contributed by atoms with Crippen LogP contribution in [-0.2, 0) is 15.1 Å². The Morgan fingerprint density at radius 2 is 1.57 bits per heavy atom. The number of cyclic esters (lactones) is 1. The molecule has 14 heavy (non-hydrogen) atoms. The lowest BCUT2D eigenvalue weighted by Gasteiger charge is -2.01. The van der Waals surface area contributed by atoms with Crippen molar-refractivity contribution in [3.8, 4) is 0 Å². The fourth-order valence-corrected chi connectivity index (χ4v) is 3.28. The molecule has 0 radical (unpaired) electrons. The number of hydrogen-bond acceptors (Lipinski definition) is 4. The second-order valence-electron chi connectivity index (χ2n) is 3.03. The van der Waals surface area contributed by atoms with Gasteiger partial charge in [0.1, 0.15) is 0 Å². The number of thiophene rings is 2. The maximum Gasteiger partial charge on any atom is 0.363 e. The Morgan fingerprint density at radius 1 is 1.07 bits per heavy atom. The van der Waals surface area contributed by atoms with E-state index in [1.165, 1.54) is 0 Å². The normalized spacial score (nSPS) is 17.9. The number of carbonyl (C=O) groups excluding carboxylic acids is 1. The molecule has 4 heteroatoms. The number of rotatable bonds is 2. The molecule has 0 spiro atoms. The van der Waals surface area contributed by atoms with Gasteiger partial charge in [-0.3, -0.25) is 0 Å². The summed E-state index contributed by atoms with van der Waals surface area (Å²) < 4.78 is 5.18. The molecule has 1 aliphatic heterocycles. The maximum atomic E-state index is 11.4. The van der Waals surface area contributed by atoms with Gasteiger partial charge in [-0.25, -0.2) is 4.79 Å². The minimum Gasteiger partial charge on any atom is -0.432 e. The van der Waals surface area contributed by atoms with Crippen LogP contribution in [0.15, 0.2) is 35.0 Å². The summed E-state index contributed by atoms with van der Waals surface area (Å²) in [6, 6.07) is 7.75. The molecule has 70 valence electrons. The van der Waals surface area contributed by atoms with Crippen molar-refractivity contribution in [2.75, 3.05) is 0 Å². The van der Waals surface area contributed by atoms with Crippen molar-refractivity contribution in [1.82, 2.24) is 0 Å². The topological polar surface area (TPSA) is 29.6 Å². The van der Waals surface area contributed by atoms with Gasteiger partial charge in [-0.15, -0.1) is 22.7 Å². The Morgan fingerprint density at radius 3 is 1.86 bits per heavy atom. The van der Waals surface area contributed by atoms with Gasteiger partial charge in [0.2, 0.25) is 0 Å². The van der Waals surface area contributed by atoms with Crippen LogP contribution in [0.4, 0.5) is 0 Å². The smallest absolute Gasteiger partial charge is 0.363 e. The van der Waals surface area contributed by atoms with E-state index >= 15 is 0 Å². The van der Waals surface area contributed by atoms with E-state index in [0.29, 0.717) is 0 Å². The minimum atomic E-state index is -0.748. The van der Waals surface area contributed by atoms with Gasteiger partial charge >= 0.3 is 5.97 Å². The molecule has 0 saturated carbocycles. The highest BCUT2D eigenvalue weighted by atomic mass is 32.1. The maximum absolute atomic E-state index is 11.4. The van der Waals surface area contributed by atoms with Crippen LogP contribution in [-0.4, -0.2) is 5.97 Å². The Balaban J connectivity index is 2.14. The van der Waals surface area contributed by atoms with Crippen molar-refractivity contribution in [2.45, 2.75) is 5.60 Å². The summed E-state index contributed by atoms with van der Waals surface area (Å²) in [6.45, 7) is 0. The summed E-state index contributed by atoms with van der Waals surface area (Å²) in [5, 5.41) is 3.92. The summed E-state index contributed by atoms with van der Waals surface area (Å²) in [6.07, 6.45) is 0. The average Bonchev–Trinajstić information content (AvgIpc) is 2.78. The zero-order chi connectivity index (χ0) is 9.60. The zero-order valence-corrected chi connectivity index (χ0v) is 8.73. The van der Waals surface area contributed by atoms with E-state index in [9.17, 15) is 4.79 Å². The van der Waals surface area contributed by atoms with Gasteiger partial charge in [0.25, 0.3) is 5.60 Å². The van der Waals surface area contributed by atoms with E-state index in [2.05, 4.69) is 0 Å². The first-order valence-electron chi connectivity index (χ1n) is 4.15. The summed E-state index contributed by atoms with van der Waals surface area (Å²) in [4.78, 5) is 13.4. The first-order chi connectivity index (χ1) is 6.84. The van der Waals surface area contributed by atoms with E-state index in [4.69, 9.17) is 4.74 Å². The van der Waals surface area contributed by atoms with E-state index in [-0.39, 0.29) is 5.97 Å². The van der Waals surface area contributed by atoms with Gasteiger partial charge in [0.15, 0.2) is 0 Å². The van der Waals surface area contributed by atoms with Gasteiger partial charge < -0.3 is 4.74 Å². The van der Waals surface area contributed by atoms with E-state index in [1.807, 2.05) is 35.0 Å². The van der Waals surface area contributed by atoms with Crippen LogP contribution in [0.2, 0.25) is 0 Å². The molecule has 3 heterocycles. The highest BCUT2D eigenvalue weighted by Gasteiger charge is 2.62. The largest absolute Gasteiger partial charge is 0.432 e. The molecule has 1 aliphatic rings. The van der Waals surface area contributed by atoms with Gasteiger partial charge in [-0.05, 0) is 22.9 Å². The van der Waals surface area contributed by atoms with Gasteiger partial charge in [0.05, 0.1) is 9.75 Å². The van der Waals surface area contributed by atoms with Gasteiger partial charge in [-0.1, -0.05) is 12.1 Å². The molecule has 3 rings (SSSR count).